The predicted octanol–water partition coefficient (Wildman–Crippen LogP) is 2.30. The fraction of sp³-hybridized carbons (Fsp3) is 0.100. The third-order valence-electron chi connectivity index (χ3n) is 3.81. The molecule has 0 saturated heterocycles. The van der Waals surface area contributed by atoms with Gasteiger partial charge in [0.1, 0.15) is 17.2 Å². The van der Waals surface area contributed by atoms with E-state index < -0.39 is 17.4 Å². The van der Waals surface area contributed by atoms with E-state index in [1.807, 2.05) is 0 Å². The van der Waals surface area contributed by atoms with Crippen LogP contribution in [0, 0.1) is 16.2 Å². The largest absolute Gasteiger partial charge is 0.431 e. The normalized spacial score (nSPS) is 11.8. The zero-order valence-electron chi connectivity index (χ0n) is 17.8. The van der Waals surface area contributed by atoms with E-state index in [1.165, 1.54) is 0 Å². The summed E-state index contributed by atoms with van der Waals surface area (Å²) in [6.07, 6.45) is -3.47. The van der Waals surface area contributed by atoms with E-state index in [9.17, 15) is 18.0 Å². The molecule has 180 valence electrons. The zero-order chi connectivity index (χ0) is 25.9. The molecule has 34 heavy (non-hydrogen) atoms. The van der Waals surface area contributed by atoms with Crippen LogP contribution in [0.4, 0.5) is 30.4 Å². The van der Waals surface area contributed by atoms with Crippen molar-refractivity contribution in [3.8, 4) is 0 Å². The lowest BCUT2D eigenvalue weighted by molar-refractivity contribution is -0.107. The number of aldehydes is 1. The van der Waals surface area contributed by atoms with E-state index in [4.69, 9.17) is 32.4 Å². The summed E-state index contributed by atoms with van der Waals surface area (Å²) in [5.41, 5.74) is 15.3. The van der Waals surface area contributed by atoms with Gasteiger partial charge < -0.3 is 38.1 Å². The van der Waals surface area contributed by atoms with E-state index >= 15 is 0 Å². The molecule has 1 heterocycles. The Hall–Kier alpha value is -4.75. The molecule has 14 heteroatoms. The average molecular weight is 477 g/mol. The Morgan fingerprint density at radius 1 is 1.21 bits per heavy atom. The number of anilines is 2. The lowest BCUT2D eigenvalue weighted by Crippen LogP contribution is -2.22. The zero-order valence-corrected chi connectivity index (χ0v) is 17.8. The molecule has 0 bridgehead atoms. The van der Waals surface area contributed by atoms with Gasteiger partial charge in [-0.2, -0.15) is 18.2 Å². The lowest BCUT2D eigenvalue weighted by atomic mass is 10.2. The molecule has 0 unspecified atom stereocenters. The minimum absolute atomic E-state index is 0.115. The number of amidine groups is 1. The van der Waals surface area contributed by atoms with Crippen molar-refractivity contribution < 1.29 is 22.7 Å². The minimum atomic E-state index is -4.74. The van der Waals surface area contributed by atoms with Gasteiger partial charge in [-0.1, -0.05) is 6.07 Å². The van der Waals surface area contributed by atoms with E-state index in [2.05, 4.69) is 21.0 Å². The van der Waals surface area contributed by atoms with Crippen LogP contribution in [-0.2, 0) is 9.53 Å². The maximum absolute atomic E-state index is 11.6. The molecule has 11 nitrogen and oxygen atoms in total. The molecule has 0 atom stereocenters. The third-order valence-corrected chi connectivity index (χ3v) is 3.81. The summed E-state index contributed by atoms with van der Waals surface area (Å²) in [6, 6.07) is 9.80. The van der Waals surface area contributed by atoms with Crippen molar-refractivity contribution in [2.45, 2.75) is 6.18 Å². The molecule has 0 aliphatic rings. The molecule has 0 saturated carbocycles. The Kier molecular flexibility index (Phi) is 9.89. The van der Waals surface area contributed by atoms with Gasteiger partial charge >= 0.3 is 6.18 Å². The first-order valence-electron chi connectivity index (χ1n) is 9.15. The number of nitrogens with zero attached hydrogens (tertiary/aromatic N) is 2. The summed E-state index contributed by atoms with van der Waals surface area (Å²) in [4.78, 5) is 18.1. The molecule has 2 aromatic rings. The topological polar surface area (TPSA) is 213 Å². The molecule has 0 aliphatic carbocycles. The smallest absolute Gasteiger partial charge is 0.405 e. The van der Waals surface area contributed by atoms with Crippen LogP contribution < -0.4 is 22.5 Å². The van der Waals surface area contributed by atoms with E-state index in [0.29, 0.717) is 28.5 Å². The first-order chi connectivity index (χ1) is 16.0. The number of hydrogen-bond acceptors (Lipinski definition) is 10. The predicted molar refractivity (Wildman–Crippen MR) is 124 cm³/mol. The van der Waals surface area contributed by atoms with Gasteiger partial charge in [-0.15, -0.1) is 0 Å². The van der Waals surface area contributed by atoms with Crippen LogP contribution in [0.2, 0.25) is 0 Å². The average Bonchev–Trinajstić information content (AvgIpc) is 2.80. The quantitative estimate of drug-likeness (QED) is 0.108. The monoisotopic (exact) mass is 477 g/mol. The molecule has 0 radical (unpaired) electrons. The summed E-state index contributed by atoms with van der Waals surface area (Å²) in [6.45, 7) is 0. The minimum Gasteiger partial charge on any atom is -0.405 e. The SMILES string of the molecule is CNc1cccc(C(=N)OC(N)=Nc2ccc(N)c(C=N)c2)n1.N=C/C(C=O)=C(\N)C(F)(F)F. The first-order valence-corrected chi connectivity index (χ1v) is 9.15. The fourth-order valence-corrected chi connectivity index (χ4v) is 2.10. The van der Waals surface area contributed by atoms with Crippen LogP contribution in [0.25, 0.3) is 0 Å². The number of allylic oxidation sites excluding steroid dienone is 2. The number of pyridine rings is 1. The van der Waals surface area contributed by atoms with Gasteiger partial charge in [0.2, 0.25) is 5.90 Å². The number of benzene rings is 1. The van der Waals surface area contributed by atoms with Gasteiger partial charge in [0, 0.05) is 30.7 Å². The Morgan fingerprint density at radius 3 is 2.38 bits per heavy atom. The number of alkyl halides is 3. The molecule has 10 N–H and O–H groups in total. The van der Waals surface area contributed by atoms with E-state index in [-0.39, 0.29) is 24.4 Å². The van der Waals surface area contributed by atoms with Gasteiger partial charge in [0.15, 0.2) is 6.29 Å². The number of nitrogen functional groups attached to an aromatic ring is 1. The number of carbonyl (C=O) groups excluding carboxylic acids is 1. The number of nitrogens with one attached hydrogen (secondary N) is 4. The molecule has 0 spiro atoms. The van der Waals surface area contributed by atoms with Crippen LogP contribution in [0.3, 0.4) is 0 Å². The van der Waals surface area contributed by atoms with Crippen LogP contribution in [-0.4, -0.2) is 48.8 Å². The molecular formula is C20H22F3N9O2. The number of rotatable bonds is 6. The van der Waals surface area contributed by atoms with Crippen molar-refractivity contribution in [2.24, 2.45) is 16.5 Å². The van der Waals surface area contributed by atoms with Gasteiger partial charge in [-0.25, -0.2) is 4.98 Å². The summed E-state index contributed by atoms with van der Waals surface area (Å²) in [5, 5.41) is 24.4. The van der Waals surface area contributed by atoms with Crippen LogP contribution in [0.5, 0.6) is 0 Å². The number of halogens is 3. The maximum Gasteiger partial charge on any atom is 0.431 e. The molecule has 2 rings (SSSR count). The standard InChI is InChI=1S/C15H17N7O.C5H5F3N2O/c1-20-13-4-2-3-12(22-13)14(18)23-15(19)21-10-5-6-11(17)9(7-10)8-16;6-5(7,8)4(10)3(1-9)2-11/h2-8,16,18H,17H2,1H3,(H2,19,21)(H,20,22);1-2,9H,10H2/b;4-3+,9-1?. The second kappa shape index (κ2) is 12.3. The highest BCUT2D eigenvalue weighted by atomic mass is 19.4. The molecule has 1 aromatic heterocycles. The summed E-state index contributed by atoms with van der Waals surface area (Å²) in [5.74, 6) is 0.395. The highest BCUT2D eigenvalue weighted by molar-refractivity contribution is 6.01. The Labute approximate surface area is 192 Å². The Balaban J connectivity index is 0.000000445. The first kappa shape index (κ1) is 27.3. The summed E-state index contributed by atoms with van der Waals surface area (Å²) < 4.78 is 40.1. The maximum atomic E-state index is 11.6. The third kappa shape index (κ3) is 8.07. The van der Waals surface area contributed by atoms with Gasteiger partial charge in [0.25, 0.3) is 6.02 Å². The molecule has 0 amide bonds. The van der Waals surface area contributed by atoms with Gasteiger partial charge in [0.05, 0.1) is 11.3 Å². The number of aromatic nitrogens is 1. The van der Waals surface area contributed by atoms with Crippen molar-refractivity contribution in [3.05, 3.63) is 58.9 Å². The van der Waals surface area contributed by atoms with E-state index in [1.54, 1.807) is 43.4 Å². The van der Waals surface area contributed by atoms with Crippen LogP contribution in [0.15, 0.2) is 52.7 Å². The highest BCUT2D eigenvalue weighted by Gasteiger charge is 2.33. The molecular weight excluding hydrogens is 455 g/mol. The van der Waals surface area contributed by atoms with Crippen molar-refractivity contribution in [1.82, 2.24) is 4.98 Å². The Morgan fingerprint density at radius 2 is 1.88 bits per heavy atom. The van der Waals surface area contributed by atoms with Crippen molar-refractivity contribution in [3.63, 3.8) is 0 Å². The molecule has 1 aromatic carbocycles. The Bertz CT molecular complexity index is 1120. The highest BCUT2D eigenvalue weighted by Crippen LogP contribution is 2.22. The van der Waals surface area contributed by atoms with E-state index in [0.717, 1.165) is 6.21 Å². The number of aliphatic imine (C=N–C) groups is 1. The molecule has 0 aliphatic heterocycles. The van der Waals surface area contributed by atoms with Crippen molar-refractivity contribution in [2.75, 3.05) is 18.1 Å². The van der Waals surface area contributed by atoms with Crippen LogP contribution >= 0.6 is 0 Å². The van der Waals surface area contributed by atoms with Crippen LogP contribution in [0.1, 0.15) is 11.3 Å². The second-order valence-electron chi connectivity index (χ2n) is 6.13. The number of hydrogen-bond donors (Lipinski definition) is 7. The molecule has 0 fully saturated rings. The van der Waals surface area contributed by atoms with Crippen molar-refractivity contribution >= 4 is 47.8 Å². The fourth-order valence-electron chi connectivity index (χ4n) is 2.10. The van der Waals surface area contributed by atoms with Gasteiger partial charge in [-0.05, 0) is 30.3 Å². The second-order valence-corrected chi connectivity index (χ2v) is 6.13. The lowest BCUT2D eigenvalue weighted by Gasteiger charge is -2.07. The summed E-state index contributed by atoms with van der Waals surface area (Å²) in [7, 11) is 1.73. The number of ether oxygens (including phenoxy) is 1. The number of carbonyl (C=O) groups is 1. The van der Waals surface area contributed by atoms with Crippen molar-refractivity contribution in [1.29, 1.82) is 16.2 Å². The van der Waals surface area contributed by atoms with Gasteiger partial charge in [-0.3, -0.25) is 10.2 Å². The summed E-state index contributed by atoms with van der Waals surface area (Å²) >= 11 is 0. The number of nitrogens with two attached hydrogens (primary N) is 3.